The van der Waals surface area contributed by atoms with Gasteiger partial charge in [0.1, 0.15) is 5.69 Å². The van der Waals surface area contributed by atoms with Crippen LogP contribution in [0.1, 0.15) is 12.0 Å². The maximum absolute atomic E-state index is 12.3. The van der Waals surface area contributed by atoms with Gasteiger partial charge in [-0.25, -0.2) is 0 Å². The highest BCUT2D eigenvalue weighted by molar-refractivity contribution is 5.99. The molecule has 0 aliphatic carbocycles. The van der Waals surface area contributed by atoms with Crippen LogP contribution in [0.4, 0.5) is 11.4 Å². The smallest absolute Gasteiger partial charge is 0.293 e. The van der Waals surface area contributed by atoms with Crippen molar-refractivity contribution in [2.75, 3.05) is 18.4 Å². The van der Waals surface area contributed by atoms with Crippen molar-refractivity contribution in [3.8, 4) is 0 Å². The highest BCUT2D eigenvalue weighted by Gasteiger charge is 2.34. The molecule has 7 heteroatoms. The predicted molar refractivity (Wildman–Crippen MR) is 81.3 cm³/mol. The molecule has 1 aliphatic rings. The van der Waals surface area contributed by atoms with E-state index < -0.39 is 10.8 Å². The number of likely N-dealkylation sites (tertiary alicyclic amines) is 1. The second-order valence-corrected chi connectivity index (χ2v) is 5.20. The molecule has 1 atom stereocenters. The van der Waals surface area contributed by atoms with E-state index >= 15 is 0 Å². The average molecular weight is 303 g/mol. The van der Waals surface area contributed by atoms with Gasteiger partial charge in [-0.3, -0.25) is 19.7 Å². The van der Waals surface area contributed by atoms with Crippen LogP contribution in [-0.2, 0) is 9.59 Å². The summed E-state index contributed by atoms with van der Waals surface area (Å²) in [5, 5.41) is 13.6. The van der Waals surface area contributed by atoms with Gasteiger partial charge >= 0.3 is 0 Å². The van der Waals surface area contributed by atoms with E-state index in [1.54, 1.807) is 30.0 Å². The predicted octanol–water partition coefficient (Wildman–Crippen LogP) is 1.88. The monoisotopic (exact) mass is 303 g/mol. The zero-order valence-corrected chi connectivity index (χ0v) is 12.2. The number of carbonyl (C=O) groups excluding carboxylic acids is 2. The van der Waals surface area contributed by atoms with E-state index in [-0.39, 0.29) is 29.6 Å². The zero-order chi connectivity index (χ0) is 16.3. The maximum Gasteiger partial charge on any atom is 0.293 e. The number of anilines is 1. The Labute approximate surface area is 127 Å². The third-order valence-electron chi connectivity index (χ3n) is 3.63. The summed E-state index contributed by atoms with van der Waals surface area (Å²) in [4.78, 5) is 36.1. The Bertz CT molecular complexity index is 642. The van der Waals surface area contributed by atoms with E-state index in [1.807, 2.05) is 0 Å². The van der Waals surface area contributed by atoms with E-state index in [0.717, 1.165) is 0 Å². The first-order valence-electron chi connectivity index (χ1n) is 6.87. The number of hydrogen-bond donors (Lipinski definition) is 1. The molecule has 7 nitrogen and oxygen atoms in total. The fourth-order valence-corrected chi connectivity index (χ4v) is 2.47. The minimum Gasteiger partial charge on any atom is -0.338 e. The van der Waals surface area contributed by atoms with Crippen LogP contribution in [0, 0.1) is 23.0 Å². The van der Waals surface area contributed by atoms with E-state index in [0.29, 0.717) is 18.7 Å². The third kappa shape index (κ3) is 3.13. The molecule has 1 aliphatic heterocycles. The lowest BCUT2D eigenvalue weighted by Gasteiger charge is -2.14. The number of nitrogens with zero attached hydrogens (tertiary/aromatic N) is 2. The van der Waals surface area contributed by atoms with Crippen LogP contribution in [0.25, 0.3) is 0 Å². The highest BCUT2D eigenvalue weighted by atomic mass is 16.6. The van der Waals surface area contributed by atoms with E-state index in [1.165, 1.54) is 6.07 Å². The number of nitro groups is 1. The summed E-state index contributed by atoms with van der Waals surface area (Å²) in [6.07, 6.45) is 1.71. The molecule has 2 amide bonds. The van der Waals surface area contributed by atoms with Crippen molar-refractivity contribution in [3.63, 3.8) is 0 Å². The average Bonchev–Trinajstić information content (AvgIpc) is 2.82. The van der Waals surface area contributed by atoms with Crippen molar-refractivity contribution < 1.29 is 14.5 Å². The zero-order valence-electron chi connectivity index (χ0n) is 12.2. The molecular weight excluding hydrogens is 286 g/mol. The summed E-state index contributed by atoms with van der Waals surface area (Å²) < 4.78 is 0. The first-order chi connectivity index (χ1) is 10.4. The highest BCUT2D eigenvalue weighted by Crippen LogP contribution is 2.29. The third-order valence-corrected chi connectivity index (χ3v) is 3.63. The largest absolute Gasteiger partial charge is 0.338 e. The van der Waals surface area contributed by atoms with Gasteiger partial charge in [-0.2, -0.15) is 0 Å². The number of amides is 2. The van der Waals surface area contributed by atoms with Crippen LogP contribution < -0.4 is 5.32 Å². The van der Waals surface area contributed by atoms with Crippen LogP contribution in [0.3, 0.4) is 0 Å². The second-order valence-electron chi connectivity index (χ2n) is 5.20. The Morgan fingerprint density at radius 3 is 2.95 bits per heavy atom. The van der Waals surface area contributed by atoms with Crippen molar-refractivity contribution in [3.05, 3.63) is 46.5 Å². The Balaban J connectivity index is 2.15. The van der Waals surface area contributed by atoms with Crippen LogP contribution in [0.2, 0.25) is 0 Å². The van der Waals surface area contributed by atoms with Crippen molar-refractivity contribution in [2.24, 2.45) is 5.92 Å². The van der Waals surface area contributed by atoms with E-state index in [9.17, 15) is 19.7 Å². The Hall–Kier alpha value is -2.70. The number of aryl methyl sites for hydroxylation is 1. The SMILES string of the molecule is C=CCN1CC(C(=O)Nc2c(C)cccc2[N+](=O)[O-])CC1=O. The van der Waals surface area contributed by atoms with Crippen LogP contribution in [0.5, 0.6) is 0 Å². The fraction of sp³-hybridized carbons (Fsp3) is 0.333. The summed E-state index contributed by atoms with van der Waals surface area (Å²) in [6, 6.07) is 4.59. The molecule has 2 rings (SSSR count). The van der Waals surface area contributed by atoms with Gasteiger partial charge in [0, 0.05) is 25.6 Å². The number of carbonyl (C=O) groups is 2. The van der Waals surface area contributed by atoms with E-state index in [4.69, 9.17) is 0 Å². The molecule has 0 spiro atoms. The summed E-state index contributed by atoms with van der Waals surface area (Å²) in [6.45, 7) is 5.95. The molecule has 1 unspecified atom stereocenters. The number of nitrogens with one attached hydrogen (secondary N) is 1. The Morgan fingerprint density at radius 2 is 2.32 bits per heavy atom. The Morgan fingerprint density at radius 1 is 1.59 bits per heavy atom. The number of nitro benzene ring substituents is 1. The minimum absolute atomic E-state index is 0.110. The number of benzene rings is 1. The standard InChI is InChI=1S/C15H17N3O4/c1-3-7-17-9-11(8-13(17)19)15(20)16-14-10(2)5-4-6-12(14)18(21)22/h3-6,11H,1,7-9H2,2H3,(H,16,20). The van der Waals surface area contributed by atoms with Crippen molar-refractivity contribution in [1.29, 1.82) is 0 Å². The molecular formula is C15H17N3O4. The van der Waals surface area contributed by atoms with Gasteiger partial charge in [0.25, 0.3) is 5.69 Å². The van der Waals surface area contributed by atoms with Gasteiger partial charge in [-0.15, -0.1) is 6.58 Å². The molecule has 0 aromatic heterocycles. The van der Waals surface area contributed by atoms with Gasteiger partial charge in [0.05, 0.1) is 10.8 Å². The number of para-hydroxylation sites is 1. The second kappa shape index (κ2) is 6.38. The molecule has 0 saturated carbocycles. The summed E-state index contributed by atoms with van der Waals surface area (Å²) in [7, 11) is 0. The molecule has 1 fully saturated rings. The lowest BCUT2D eigenvalue weighted by atomic mass is 10.1. The summed E-state index contributed by atoms with van der Waals surface area (Å²) in [5.74, 6) is -0.997. The minimum atomic E-state index is -0.535. The van der Waals surface area contributed by atoms with Gasteiger partial charge < -0.3 is 10.2 Å². The molecule has 1 aromatic rings. The molecule has 0 bridgehead atoms. The molecule has 1 aromatic carbocycles. The molecule has 0 radical (unpaired) electrons. The normalized spacial score (nSPS) is 17.4. The van der Waals surface area contributed by atoms with Crippen molar-refractivity contribution in [1.82, 2.24) is 4.90 Å². The lowest BCUT2D eigenvalue weighted by Crippen LogP contribution is -2.28. The first kappa shape index (κ1) is 15.7. The molecule has 1 N–H and O–H groups in total. The van der Waals surface area contributed by atoms with Crippen molar-refractivity contribution >= 4 is 23.2 Å². The van der Waals surface area contributed by atoms with Gasteiger partial charge in [-0.1, -0.05) is 18.2 Å². The van der Waals surface area contributed by atoms with E-state index in [2.05, 4.69) is 11.9 Å². The van der Waals surface area contributed by atoms with Gasteiger partial charge in [-0.05, 0) is 12.5 Å². The lowest BCUT2D eigenvalue weighted by molar-refractivity contribution is -0.384. The molecule has 22 heavy (non-hydrogen) atoms. The molecule has 116 valence electrons. The quantitative estimate of drug-likeness (QED) is 0.510. The number of rotatable bonds is 5. The maximum atomic E-state index is 12.3. The molecule has 1 saturated heterocycles. The van der Waals surface area contributed by atoms with Crippen LogP contribution in [0.15, 0.2) is 30.9 Å². The summed E-state index contributed by atoms with van der Waals surface area (Å²) in [5.41, 5.74) is 0.641. The van der Waals surface area contributed by atoms with Crippen LogP contribution >= 0.6 is 0 Å². The molecule has 1 heterocycles. The number of hydrogen-bond acceptors (Lipinski definition) is 4. The topological polar surface area (TPSA) is 92.6 Å². The summed E-state index contributed by atoms with van der Waals surface area (Å²) >= 11 is 0. The van der Waals surface area contributed by atoms with Crippen molar-refractivity contribution in [2.45, 2.75) is 13.3 Å². The first-order valence-corrected chi connectivity index (χ1v) is 6.87. The van der Waals surface area contributed by atoms with Gasteiger partial charge in [0.2, 0.25) is 11.8 Å². The van der Waals surface area contributed by atoms with Crippen LogP contribution in [-0.4, -0.2) is 34.7 Å². The Kier molecular flexibility index (Phi) is 4.55. The van der Waals surface area contributed by atoms with Gasteiger partial charge in [0.15, 0.2) is 0 Å². The fourth-order valence-electron chi connectivity index (χ4n) is 2.47.